The number of fused-ring (bicyclic) bond motifs is 2. The first-order valence-corrected chi connectivity index (χ1v) is 11.9. The molecule has 1 aromatic heterocycles. The summed E-state index contributed by atoms with van der Waals surface area (Å²) in [4.78, 5) is 17.4. The molecule has 4 aromatic carbocycles. The lowest BCUT2D eigenvalue weighted by atomic mass is 10.0. The molecule has 1 heterocycles. The molecule has 0 unspecified atom stereocenters. The van der Waals surface area contributed by atoms with Crippen molar-refractivity contribution in [3.8, 4) is 0 Å². The zero-order valence-electron chi connectivity index (χ0n) is 19.5. The van der Waals surface area contributed by atoms with E-state index in [4.69, 9.17) is 4.98 Å². The van der Waals surface area contributed by atoms with Crippen LogP contribution >= 0.6 is 0 Å². The van der Waals surface area contributed by atoms with E-state index in [9.17, 15) is 4.79 Å². The molecule has 5 rings (SSSR count). The van der Waals surface area contributed by atoms with Crippen LogP contribution in [0, 0.1) is 6.92 Å². The Balaban J connectivity index is 1.30. The van der Waals surface area contributed by atoms with Gasteiger partial charge in [-0.2, -0.15) is 0 Å². The topological polar surface area (TPSA) is 46.9 Å². The quantitative estimate of drug-likeness (QED) is 0.304. The van der Waals surface area contributed by atoms with Gasteiger partial charge >= 0.3 is 0 Å². The molecule has 0 aliphatic heterocycles. The Labute approximate surface area is 200 Å². The van der Waals surface area contributed by atoms with Gasteiger partial charge < -0.3 is 9.88 Å². The van der Waals surface area contributed by atoms with E-state index in [1.54, 1.807) is 0 Å². The minimum Gasteiger partial charge on any atom is -0.356 e. The lowest BCUT2D eigenvalue weighted by molar-refractivity contribution is -0.120. The number of hydrogen-bond acceptors (Lipinski definition) is 2. The molecular formula is C30H29N3O. The normalized spacial score (nSPS) is 11.2. The van der Waals surface area contributed by atoms with Crippen molar-refractivity contribution >= 4 is 27.7 Å². The van der Waals surface area contributed by atoms with Gasteiger partial charge in [-0.05, 0) is 52.9 Å². The third kappa shape index (κ3) is 4.72. The van der Waals surface area contributed by atoms with Gasteiger partial charge in [0.1, 0.15) is 5.82 Å². The molecule has 34 heavy (non-hydrogen) atoms. The van der Waals surface area contributed by atoms with Crippen molar-refractivity contribution in [2.45, 2.75) is 32.7 Å². The molecule has 0 fully saturated rings. The molecule has 0 radical (unpaired) electrons. The average molecular weight is 448 g/mol. The summed E-state index contributed by atoms with van der Waals surface area (Å²) >= 11 is 0. The van der Waals surface area contributed by atoms with Crippen molar-refractivity contribution in [2.75, 3.05) is 6.54 Å². The number of aromatic nitrogens is 2. The molecule has 0 atom stereocenters. The van der Waals surface area contributed by atoms with E-state index >= 15 is 0 Å². The SMILES string of the molecule is Cc1ccccc1CC(=O)NCCCc1nc2ccccc2n1Cc1cccc2ccccc12. The van der Waals surface area contributed by atoms with Crippen LogP contribution in [0.2, 0.25) is 0 Å². The van der Waals surface area contributed by atoms with Gasteiger partial charge in [-0.15, -0.1) is 0 Å². The summed E-state index contributed by atoms with van der Waals surface area (Å²) in [5, 5.41) is 5.61. The van der Waals surface area contributed by atoms with Crippen molar-refractivity contribution in [3.63, 3.8) is 0 Å². The lowest BCUT2D eigenvalue weighted by Crippen LogP contribution is -2.26. The van der Waals surface area contributed by atoms with Gasteiger partial charge in [-0.3, -0.25) is 4.79 Å². The number of carbonyl (C=O) groups excluding carboxylic acids is 1. The predicted octanol–water partition coefficient (Wildman–Crippen LogP) is 5.84. The van der Waals surface area contributed by atoms with E-state index in [-0.39, 0.29) is 5.91 Å². The first kappa shape index (κ1) is 21.9. The molecule has 0 bridgehead atoms. The minimum absolute atomic E-state index is 0.0681. The second-order valence-electron chi connectivity index (χ2n) is 8.80. The first-order valence-electron chi connectivity index (χ1n) is 11.9. The van der Waals surface area contributed by atoms with Crippen molar-refractivity contribution in [1.29, 1.82) is 0 Å². The number of nitrogens with one attached hydrogen (secondary N) is 1. The van der Waals surface area contributed by atoms with E-state index in [2.05, 4.69) is 70.5 Å². The van der Waals surface area contributed by atoms with E-state index in [1.165, 1.54) is 16.3 Å². The third-order valence-electron chi connectivity index (χ3n) is 6.45. The zero-order valence-corrected chi connectivity index (χ0v) is 19.5. The standard InChI is InChI=1S/C30H29N3O/c1-22-10-2-3-12-24(22)20-30(34)31-19-9-18-29-32-27-16-6-7-17-28(27)33(29)21-25-14-8-13-23-11-4-5-15-26(23)25/h2-8,10-17H,9,18-21H2,1H3,(H,31,34). The number of aryl methyl sites for hydroxylation is 2. The number of rotatable bonds is 8. The van der Waals surface area contributed by atoms with Crippen LogP contribution in [0.5, 0.6) is 0 Å². The number of benzene rings is 4. The van der Waals surface area contributed by atoms with Crippen molar-refractivity contribution in [1.82, 2.24) is 14.9 Å². The summed E-state index contributed by atoms with van der Waals surface area (Å²) < 4.78 is 2.33. The Morgan fingerprint density at radius 3 is 2.50 bits per heavy atom. The monoisotopic (exact) mass is 447 g/mol. The maximum Gasteiger partial charge on any atom is 0.224 e. The van der Waals surface area contributed by atoms with Gasteiger partial charge in [-0.1, -0.05) is 78.9 Å². The number of amides is 1. The van der Waals surface area contributed by atoms with Gasteiger partial charge in [0.2, 0.25) is 5.91 Å². The Morgan fingerprint density at radius 1 is 0.853 bits per heavy atom. The molecule has 0 saturated heterocycles. The fourth-order valence-corrected chi connectivity index (χ4v) is 4.61. The van der Waals surface area contributed by atoms with Crippen LogP contribution in [0.15, 0.2) is 91.0 Å². The lowest BCUT2D eigenvalue weighted by Gasteiger charge is -2.12. The highest BCUT2D eigenvalue weighted by Gasteiger charge is 2.12. The van der Waals surface area contributed by atoms with Crippen molar-refractivity contribution < 1.29 is 4.79 Å². The van der Waals surface area contributed by atoms with Gasteiger partial charge in [0.15, 0.2) is 0 Å². The predicted molar refractivity (Wildman–Crippen MR) is 139 cm³/mol. The molecule has 4 heteroatoms. The fraction of sp³-hybridized carbons (Fsp3) is 0.200. The van der Waals surface area contributed by atoms with Crippen molar-refractivity contribution in [2.24, 2.45) is 0 Å². The molecule has 4 nitrogen and oxygen atoms in total. The summed E-state index contributed by atoms with van der Waals surface area (Å²) in [6.07, 6.45) is 2.08. The molecule has 0 saturated carbocycles. The summed E-state index contributed by atoms with van der Waals surface area (Å²) in [7, 11) is 0. The van der Waals surface area contributed by atoms with Crippen LogP contribution in [-0.2, 0) is 24.2 Å². The maximum absolute atomic E-state index is 12.4. The van der Waals surface area contributed by atoms with E-state index < -0.39 is 0 Å². The number of imidazole rings is 1. The number of nitrogens with zero attached hydrogens (tertiary/aromatic N) is 2. The van der Waals surface area contributed by atoms with Gasteiger partial charge in [0, 0.05) is 19.5 Å². The number of carbonyl (C=O) groups is 1. The number of hydrogen-bond donors (Lipinski definition) is 1. The van der Waals surface area contributed by atoms with Crippen LogP contribution in [0.1, 0.15) is 28.9 Å². The Kier molecular flexibility index (Phi) is 6.39. The highest BCUT2D eigenvalue weighted by Crippen LogP contribution is 2.23. The highest BCUT2D eigenvalue weighted by molar-refractivity contribution is 5.86. The summed E-state index contributed by atoms with van der Waals surface area (Å²) in [5.74, 6) is 1.13. The first-order chi connectivity index (χ1) is 16.7. The molecule has 0 spiro atoms. The van der Waals surface area contributed by atoms with Crippen LogP contribution < -0.4 is 5.32 Å². The van der Waals surface area contributed by atoms with Gasteiger partial charge in [-0.25, -0.2) is 4.98 Å². The van der Waals surface area contributed by atoms with E-state index in [0.717, 1.165) is 47.4 Å². The van der Waals surface area contributed by atoms with E-state index in [0.29, 0.717) is 13.0 Å². The van der Waals surface area contributed by atoms with E-state index in [1.807, 2.05) is 37.3 Å². The van der Waals surface area contributed by atoms with Crippen LogP contribution in [0.4, 0.5) is 0 Å². The molecule has 5 aromatic rings. The molecule has 0 aliphatic rings. The molecule has 1 amide bonds. The summed E-state index contributed by atoms with van der Waals surface area (Å²) in [5.41, 5.74) is 5.68. The largest absolute Gasteiger partial charge is 0.356 e. The van der Waals surface area contributed by atoms with Gasteiger partial charge in [0.05, 0.1) is 17.5 Å². The Morgan fingerprint density at radius 2 is 1.59 bits per heavy atom. The summed E-state index contributed by atoms with van der Waals surface area (Å²) in [6.45, 7) is 3.46. The summed E-state index contributed by atoms with van der Waals surface area (Å²) in [6, 6.07) is 31.4. The second kappa shape index (κ2) is 9.92. The Bertz CT molecular complexity index is 1440. The van der Waals surface area contributed by atoms with Crippen LogP contribution in [0.25, 0.3) is 21.8 Å². The molecular weight excluding hydrogens is 418 g/mol. The average Bonchev–Trinajstić information content (AvgIpc) is 3.21. The van der Waals surface area contributed by atoms with Crippen molar-refractivity contribution in [3.05, 3.63) is 114 Å². The number of para-hydroxylation sites is 2. The maximum atomic E-state index is 12.4. The van der Waals surface area contributed by atoms with Gasteiger partial charge in [0.25, 0.3) is 0 Å². The minimum atomic E-state index is 0.0681. The molecule has 170 valence electrons. The van der Waals surface area contributed by atoms with Crippen LogP contribution in [0.3, 0.4) is 0 Å². The molecule has 1 N–H and O–H groups in total. The second-order valence-corrected chi connectivity index (χ2v) is 8.80. The zero-order chi connectivity index (χ0) is 23.3. The van der Waals surface area contributed by atoms with Crippen LogP contribution in [-0.4, -0.2) is 22.0 Å². The molecule has 0 aliphatic carbocycles. The third-order valence-corrected chi connectivity index (χ3v) is 6.45. The smallest absolute Gasteiger partial charge is 0.224 e. The highest BCUT2D eigenvalue weighted by atomic mass is 16.1. The fourth-order valence-electron chi connectivity index (χ4n) is 4.61. The Hall–Kier alpha value is -3.92.